The van der Waals surface area contributed by atoms with E-state index in [0.717, 1.165) is 14.6 Å². The monoisotopic (exact) mass is 359 g/mol. The number of thioether (sulfide) groups is 1. The molecule has 0 saturated heterocycles. The molecule has 2 aromatic carbocycles. The van der Waals surface area contributed by atoms with E-state index in [2.05, 4.69) is 10.3 Å². The standard InChI is InChI=1S/C16H13N3O3S2/c1-10-8-11(19(21)22)6-7-12(10)17-15(20)9-23-16-18-13-4-2-3-5-14(13)24-16/h2-8H,9H2,1H3,(H,17,20). The number of carbonyl (C=O) groups excluding carboxylic acids is 1. The maximum Gasteiger partial charge on any atom is 0.269 e. The van der Waals surface area contributed by atoms with Crippen molar-refractivity contribution >= 4 is 50.6 Å². The molecule has 1 aromatic heterocycles. The summed E-state index contributed by atoms with van der Waals surface area (Å²) in [6.07, 6.45) is 0. The zero-order valence-corrected chi connectivity index (χ0v) is 14.3. The lowest BCUT2D eigenvalue weighted by Gasteiger charge is -2.07. The van der Waals surface area contributed by atoms with Crippen molar-refractivity contribution in [1.29, 1.82) is 0 Å². The Labute approximate surface area is 146 Å². The van der Waals surface area contributed by atoms with Crippen LogP contribution in [-0.4, -0.2) is 21.6 Å². The van der Waals surface area contributed by atoms with Gasteiger partial charge in [-0.25, -0.2) is 4.98 Å². The molecule has 1 heterocycles. The molecule has 122 valence electrons. The molecule has 0 spiro atoms. The summed E-state index contributed by atoms with van der Waals surface area (Å²) in [5.74, 6) is 0.0622. The van der Waals surface area contributed by atoms with Crippen molar-refractivity contribution in [3.8, 4) is 0 Å². The van der Waals surface area contributed by atoms with Gasteiger partial charge >= 0.3 is 0 Å². The van der Waals surface area contributed by atoms with E-state index in [9.17, 15) is 14.9 Å². The molecule has 0 aliphatic rings. The van der Waals surface area contributed by atoms with Gasteiger partial charge < -0.3 is 5.32 Å². The summed E-state index contributed by atoms with van der Waals surface area (Å²) in [6.45, 7) is 1.73. The van der Waals surface area contributed by atoms with Crippen molar-refractivity contribution < 1.29 is 9.72 Å². The van der Waals surface area contributed by atoms with Gasteiger partial charge in [0.25, 0.3) is 5.69 Å². The molecular formula is C16H13N3O3S2. The largest absolute Gasteiger partial charge is 0.325 e. The number of anilines is 1. The second kappa shape index (κ2) is 6.98. The fourth-order valence-electron chi connectivity index (χ4n) is 2.13. The maximum absolute atomic E-state index is 12.1. The Morgan fingerprint density at radius 1 is 1.33 bits per heavy atom. The van der Waals surface area contributed by atoms with Gasteiger partial charge in [-0.15, -0.1) is 11.3 Å². The Hall–Kier alpha value is -2.45. The summed E-state index contributed by atoms with van der Waals surface area (Å²) < 4.78 is 1.93. The molecule has 3 rings (SSSR count). The number of hydrogen-bond donors (Lipinski definition) is 1. The van der Waals surface area contributed by atoms with Gasteiger partial charge in [0.1, 0.15) is 0 Å². The number of fused-ring (bicyclic) bond motifs is 1. The van der Waals surface area contributed by atoms with Crippen molar-refractivity contribution in [2.24, 2.45) is 0 Å². The SMILES string of the molecule is Cc1cc([N+](=O)[O-])ccc1NC(=O)CSc1nc2ccccc2s1. The number of rotatable bonds is 5. The number of hydrogen-bond acceptors (Lipinski definition) is 6. The lowest BCUT2D eigenvalue weighted by molar-refractivity contribution is -0.384. The van der Waals surface area contributed by atoms with Crippen LogP contribution in [0.4, 0.5) is 11.4 Å². The summed E-state index contributed by atoms with van der Waals surface area (Å²) >= 11 is 2.93. The average Bonchev–Trinajstić information content (AvgIpc) is 2.97. The number of aryl methyl sites for hydroxylation is 1. The summed E-state index contributed by atoms with van der Waals surface area (Å²) in [5.41, 5.74) is 2.17. The van der Waals surface area contributed by atoms with Crippen LogP contribution in [0.1, 0.15) is 5.56 Å². The number of nitro benzene ring substituents is 1. The van der Waals surface area contributed by atoms with Crippen molar-refractivity contribution in [2.75, 3.05) is 11.1 Å². The topological polar surface area (TPSA) is 85.1 Å². The van der Waals surface area contributed by atoms with Gasteiger partial charge in [-0.2, -0.15) is 0 Å². The van der Waals surface area contributed by atoms with Crippen LogP contribution in [0.5, 0.6) is 0 Å². The smallest absolute Gasteiger partial charge is 0.269 e. The summed E-state index contributed by atoms with van der Waals surface area (Å²) in [5, 5.41) is 13.5. The zero-order valence-electron chi connectivity index (χ0n) is 12.7. The lowest BCUT2D eigenvalue weighted by atomic mass is 10.2. The first-order valence-electron chi connectivity index (χ1n) is 7.06. The Kier molecular flexibility index (Phi) is 4.77. The fraction of sp³-hybridized carbons (Fsp3) is 0.125. The van der Waals surface area contributed by atoms with Crippen LogP contribution in [0.3, 0.4) is 0 Å². The normalized spacial score (nSPS) is 10.7. The molecule has 1 N–H and O–H groups in total. The van der Waals surface area contributed by atoms with Gasteiger partial charge in [0, 0.05) is 17.8 Å². The van der Waals surface area contributed by atoms with Crippen molar-refractivity contribution in [3.05, 3.63) is 58.1 Å². The van der Waals surface area contributed by atoms with Crippen LogP contribution in [0, 0.1) is 17.0 Å². The third-order valence-electron chi connectivity index (χ3n) is 3.30. The van der Waals surface area contributed by atoms with E-state index in [1.165, 1.54) is 23.9 Å². The minimum atomic E-state index is -0.457. The molecule has 0 aliphatic carbocycles. The van der Waals surface area contributed by atoms with Crippen LogP contribution in [0.15, 0.2) is 46.8 Å². The third kappa shape index (κ3) is 3.72. The Bertz CT molecular complexity index is 891. The van der Waals surface area contributed by atoms with Crippen LogP contribution >= 0.6 is 23.1 Å². The van der Waals surface area contributed by atoms with E-state index in [1.807, 2.05) is 24.3 Å². The Morgan fingerprint density at radius 3 is 2.83 bits per heavy atom. The van der Waals surface area contributed by atoms with E-state index in [1.54, 1.807) is 24.3 Å². The van der Waals surface area contributed by atoms with E-state index in [0.29, 0.717) is 11.3 Å². The average molecular weight is 359 g/mol. The van der Waals surface area contributed by atoms with Gasteiger partial charge in [-0.3, -0.25) is 14.9 Å². The predicted molar refractivity (Wildman–Crippen MR) is 96.8 cm³/mol. The highest BCUT2D eigenvalue weighted by Gasteiger charge is 2.11. The number of carbonyl (C=O) groups is 1. The number of para-hydroxylation sites is 1. The number of aromatic nitrogens is 1. The number of nitro groups is 1. The molecule has 0 radical (unpaired) electrons. The lowest BCUT2D eigenvalue weighted by Crippen LogP contribution is -2.14. The molecule has 6 nitrogen and oxygen atoms in total. The van der Waals surface area contributed by atoms with Gasteiger partial charge in [0.15, 0.2) is 4.34 Å². The molecule has 0 aliphatic heterocycles. The molecule has 0 unspecified atom stereocenters. The predicted octanol–water partition coefficient (Wildman–Crippen LogP) is 4.24. The minimum absolute atomic E-state index is 0.00866. The maximum atomic E-state index is 12.1. The van der Waals surface area contributed by atoms with Gasteiger partial charge in [-0.05, 0) is 30.7 Å². The first-order chi connectivity index (χ1) is 11.5. The van der Waals surface area contributed by atoms with Crippen molar-refractivity contribution in [3.63, 3.8) is 0 Å². The number of benzene rings is 2. The van der Waals surface area contributed by atoms with E-state index in [4.69, 9.17) is 0 Å². The number of thiazole rings is 1. The molecule has 8 heteroatoms. The molecule has 3 aromatic rings. The van der Waals surface area contributed by atoms with Gasteiger partial charge in [0.2, 0.25) is 5.91 Å². The number of amides is 1. The Balaban J connectivity index is 1.62. The van der Waals surface area contributed by atoms with Crippen LogP contribution < -0.4 is 5.32 Å². The van der Waals surface area contributed by atoms with Crippen LogP contribution in [0.25, 0.3) is 10.2 Å². The fourth-order valence-corrected chi connectivity index (χ4v) is 4.00. The quantitative estimate of drug-likeness (QED) is 0.418. The van der Waals surface area contributed by atoms with Crippen LogP contribution in [-0.2, 0) is 4.79 Å². The molecule has 0 atom stereocenters. The van der Waals surface area contributed by atoms with Gasteiger partial charge in [-0.1, -0.05) is 23.9 Å². The molecule has 0 saturated carbocycles. The molecular weight excluding hydrogens is 346 g/mol. The summed E-state index contributed by atoms with van der Waals surface area (Å²) in [4.78, 5) is 26.8. The number of nitrogens with one attached hydrogen (secondary N) is 1. The highest BCUT2D eigenvalue weighted by molar-refractivity contribution is 8.01. The van der Waals surface area contributed by atoms with E-state index >= 15 is 0 Å². The Morgan fingerprint density at radius 2 is 2.12 bits per heavy atom. The molecule has 24 heavy (non-hydrogen) atoms. The molecule has 0 fully saturated rings. The number of nitrogens with zero attached hydrogens (tertiary/aromatic N) is 2. The molecule has 1 amide bonds. The van der Waals surface area contributed by atoms with Crippen LogP contribution in [0.2, 0.25) is 0 Å². The first-order valence-corrected chi connectivity index (χ1v) is 8.86. The molecule has 0 bridgehead atoms. The highest BCUT2D eigenvalue weighted by Crippen LogP contribution is 2.29. The third-order valence-corrected chi connectivity index (χ3v) is 5.48. The second-order valence-corrected chi connectivity index (χ2v) is 7.29. The first kappa shape index (κ1) is 16.4. The van der Waals surface area contributed by atoms with E-state index < -0.39 is 4.92 Å². The van der Waals surface area contributed by atoms with Crippen molar-refractivity contribution in [2.45, 2.75) is 11.3 Å². The minimum Gasteiger partial charge on any atom is -0.325 e. The highest BCUT2D eigenvalue weighted by atomic mass is 32.2. The summed E-state index contributed by atoms with van der Waals surface area (Å²) in [7, 11) is 0. The zero-order chi connectivity index (χ0) is 17.1. The summed E-state index contributed by atoms with van der Waals surface area (Å²) in [6, 6.07) is 12.2. The van der Waals surface area contributed by atoms with Crippen molar-refractivity contribution in [1.82, 2.24) is 4.98 Å². The number of non-ortho nitro benzene ring substituents is 1. The second-order valence-electron chi connectivity index (χ2n) is 5.04. The van der Waals surface area contributed by atoms with Gasteiger partial charge in [0.05, 0.1) is 20.9 Å². The van der Waals surface area contributed by atoms with E-state index in [-0.39, 0.29) is 17.3 Å².